The molecular weight excluding hydrogens is 1140 g/mol. The molecule has 10 heterocycles. The molecule has 460 valence electrons. The van der Waals surface area contributed by atoms with Crippen LogP contribution in [0.3, 0.4) is 0 Å². The smallest absolute Gasteiger partial charge is 0.319 e. The number of hydrazine groups is 1. The zero-order chi connectivity index (χ0) is 61.0. The molecule has 5 aliphatic heterocycles. The largest absolute Gasteiger partial charge is 0.467 e. The van der Waals surface area contributed by atoms with E-state index >= 15 is 4.39 Å². The number of benzene rings is 3. The van der Waals surface area contributed by atoms with Crippen molar-refractivity contribution in [3.8, 4) is 29.6 Å². The molecule has 5 fully saturated rings. The van der Waals surface area contributed by atoms with E-state index in [4.69, 9.17) is 26.1 Å². The molecule has 2 amide bonds. The van der Waals surface area contributed by atoms with Gasteiger partial charge < -0.3 is 40.2 Å². The first-order valence-electron chi connectivity index (χ1n) is 30.9. The number of aromatic nitrogens is 8. The van der Waals surface area contributed by atoms with E-state index in [9.17, 15) is 23.5 Å². The van der Waals surface area contributed by atoms with Gasteiger partial charge in [-0.25, -0.2) is 23.3 Å². The highest BCUT2D eigenvalue weighted by molar-refractivity contribution is 7.26. The van der Waals surface area contributed by atoms with Gasteiger partial charge in [0, 0.05) is 97.8 Å². The lowest BCUT2D eigenvalue weighted by Crippen LogP contribution is -2.51. The Labute approximate surface area is 512 Å². The quantitative estimate of drug-likeness (QED) is 0.0540. The lowest BCUT2D eigenvalue weighted by molar-refractivity contribution is -0.142. The van der Waals surface area contributed by atoms with Gasteiger partial charge in [0.05, 0.1) is 64.2 Å². The fourth-order valence-corrected chi connectivity index (χ4v) is 15.2. The van der Waals surface area contributed by atoms with Crippen molar-refractivity contribution in [2.45, 2.75) is 115 Å². The fourth-order valence-electron chi connectivity index (χ4n) is 14.0. The van der Waals surface area contributed by atoms with E-state index in [1.807, 2.05) is 56.4 Å². The summed E-state index contributed by atoms with van der Waals surface area (Å²) >= 11 is 1.53. The van der Waals surface area contributed by atoms with Gasteiger partial charge in [0.2, 0.25) is 11.8 Å². The Hall–Kier alpha value is -7.75. The summed E-state index contributed by atoms with van der Waals surface area (Å²) < 4.78 is 49.8. The van der Waals surface area contributed by atoms with E-state index in [1.165, 1.54) is 30.2 Å². The number of fused-ring (bicyclic) bond motifs is 7. The summed E-state index contributed by atoms with van der Waals surface area (Å²) in [4.78, 5) is 49.1. The standard InChI is InChI=1S/C36H52F2N8O3.C29H22FN7OS/c1-4-45-31(13-16-39-45)27-10-8-26(9-11-27)30(23-47)40-34(48)32-6-5-17-44(32)35(49)33(24(2)3)46-22-29(41-42-46)12-7-25-14-18-43(19-15-25)21-28-20-36(28,37)38;1-3-17-20(30)7-4-14-10-21-19(11-32-36-21)23(22(14)17)25-26-18(8-9-31-25)24-27(34-29(38-2)35-28(24)39-26)37-12-15-5-6-16(13-37)33-15/h8-11,13,22,24-25,28,30,32-33,39,47H,4-7,12,14-21,23H2,1-3H3,(H,40,48);1,4,7-11,15-16,33H,5-6,12-13H2,2H3,(H,32,36). The maximum Gasteiger partial charge on any atom is 0.319 e. The number of nitrogens with zero attached hydrogens (tertiary/aromatic N) is 11. The van der Waals surface area contributed by atoms with Crippen molar-refractivity contribution in [3.63, 3.8) is 0 Å². The maximum atomic E-state index is 15.0. The van der Waals surface area contributed by atoms with Crippen molar-refractivity contribution in [2.75, 3.05) is 71.0 Å². The predicted octanol–water partition coefficient (Wildman–Crippen LogP) is 8.80. The third-order valence-corrected chi connectivity index (χ3v) is 19.9. The number of anilines is 1. The number of hydrogen-bond donors (Lipinski definition) is 5. The molecule has 5 N–H and O–H groups in total. The minimum atomic E-state index is -2.46. The van der Waals surface area contributed by atoms with Crippen LogP contribution in [-0.2, 0) is 16.0 Å². The molecule has 6 atom stereocenters. The number of likely N-dealkylation sites (tertiary alicyclic amines) is 2. The first kappa shape index (κ1) is 59.2. The third kappa shape index (κ3) is 11.5. The highest BCUT2D eigenvalue weighted by Crippen LogP contribution is 2.50. The molecule has 4 saturated heterocycles. The number of halogens is 3. The number of thiophene rings is 1. The summed E-state index contributed by atoms with van der Waals surface area (Å²) in [5.41, 5.74) is 9.60. The van der Waals surface area contributed by atoms with Crippen LogP contribution in [0.15, 0.2) is 73.2 Å². The van der Waals surface area contributed by atoms with Gasteiger partial charge in [0.15, 0.2) is 0 Å². The second-order valence-corrected chi connectivity index (χ2v) is 25.7. The van der Waals surface area contributed by atoms with Gasteiger partial charge in [-0.2, -0.15) is 15.1 Å². The van der Waals surface area contributed by atoms with Crippen LogP contribution >= 0.6 is 11.3 Å². The Morgan fingerprint density at radius 2 is 1.78 bits per heavy atom. The molecule has 6 aliphatic rings. The molecule has 6 unspecified atom stereocenters. The monoisotopic (exact) mass is 1220 g/mol. The van der Waals surface area contributed by atoms with Gasteiger partial charge in [-0.05, 0) is 124 Å². The zero-order valence-electron chi connectivity index (χ0n) is 50.0. The maximum absolute atomic E-state index is 15.0. The van der Waals surface area contributed by atoms with Crippen molar-refractivity contribution < 1.29 is 32.6 Å². The van der Waals surface area contributed by atoms with E-state index in [0.29, 0.717) is 61.0 Å². The number of ether oxygens (including phenoxy) is 1. The van der Waals surface area contributed by atoms with Crippen molar-refractivity contribution in [2.24, 2.45) is 17.8 Å². The molecule has 8 aromatic rings. The number of aromatic amines is 1. The van der Waals surface area contributed by atoms with Crippen LogP contribution < -0.4 is 25.7 Å². The molecule has 19 nitrogen and oxygen atoms in total. The Bertz CT molecular complexity index is 3970. The van der Waals surface area contributed by atoms with Crippen LogP contribution in [0.1, 0.15) is 107 Å². The zero-order valence-corrected chi connectivity index (χ0v) is 50.8. The van der Waals surface area contributed by atoms with Crippen LogP contribution in [0.4, 0.5) is 19.0 Å². The number of pyridine rings is 1. The molecular formula is C65H74F3N15O4S. The molecule has 1 saturated carbocycles. The van der Waals surface area contributed by atoms with E-state index in [2.05, 4.69) is 70.3 Å². The molecule has 0 spiro atoms. The number of carbonyl (C=O) groups is 2. The van der Waals surface area contributed by atoms with E-state index in [1.54, 1.807) is 35.2 Å². The van der Waals surface area contributed by atoms with Crippen molar-refractivity contribution in [1.29, 1.82) is 0 Å². The van der Waals surface area contributed by atoms with Gasteiger partial charge in [0.1, 0.15) is 28.5 Å². The number of piperazine rings is 1. The number of piperidine rings is 1. The summed E-state index contributed by atoms with van der Waals surface area (Å²) in [5, 5.41) is 39.4. The topological polar surface area (TPSA) is 211 Å². The van der Waals surface area contributed by atoms with Crippen LogP contribution in [0.5, 0.6) is 6.01 Å². The number of carbonyl (C=O) groups excluding carboxylic acids is 2. The second kappa shape index (κ2) is 24.7. The predicted molar refractivity (Wildman–Crippen MR) is 334 cm³/mol. The Balaban J connectivity index is 0.000000166. The van der Waals surface area contributed by atoms with Gasteiger partial charge in [-0.15, -0.1) is 22.9 Å². The number of aliphatic hydroxyl groups excluding tert-OH is 1. The van der Waals surface area contributed by atoms with E-state index in [-0.39, 0.29) is 36.3 Å². The molecule has 14 rings (SSSR count). The summed E-state index contributed by atoms with van der Waals surface area (Å²) in [6.07, 6.45) is 20.7. The summed E-state index contributed by atoms with van der Waals surface area (Å²) in [7, 11) is 1.59. The highest BCUT2D eigenvalue weighted by atomic mass is 32.1. The Morgan fingerprint density at radius 3 is 2.50 bits per heavy atom. The SMILES string of the molecule is C#Cc1c(F)ccc2cc3[nH]ncc3c(-c3nccc4c3sc3nc(OC)nc(N5CC6CCC(C5)N6)c34)c12.CCN1NCC=C1c1ccc(C(CO)NC(=O)C2CCCN2C(=O)C(C(C)C)n2cc(CCC3CCN(CC4CC4(F)F)CC3)nn2)cc1. The number of methoxy groups -OCH3 is 1. The molecule has 5 aromatic heterocycles. The van der Waals surface area contributed by atoms with Gasteiger partial charge in [0.25, 0.3) is 5.92 Å². The van der Waals surface area contributed by atoms with Gasteiger partial charge in [-0.3, -0.25) is 19.7 Å². The Kier molecular flexibility index (Phi) is 16.6. The minimum Gasteiger partial charge on any atom is -0.467 e. The molecule has 0 radical (unpaired) electrons. The van der Waals surface area contributed by atoms with Crippen LogP contribution in [0, 0.1) is 35.9 Å². The molecule has 2 bridgehead atoms. The van der Waals surface area contributed by atoms with Crippen molar-refractivity contribution in [1.82, 2.24) is 71.0 Å². The summed E-state index contributed by atoms with van der Waals surface area (Å²) in [6, 6.07) is 14.4. The number of aliphatic hydroxyl groups is 1. The first-order valence-corrected chi connectivity index (χ1v) is 31.8. The van der Waals surface area contributed by atoms with Crippen molar-refractivity contribution in [3.05, 3.63) is 101 Å². The number of nitrogens with one attached hydrogen (secondary N) is 4. The number of rotatable bonds is 17. The average Bonchev–Trinajstić information content (AvgIpc) is 1.62. The Morgan fingerprint density at radius 1 is 1.00 bits per heavy atom. The molecule has 88 heavy (non-hydrogen) atoms. The van der Waals surface area contributed by atoms with Crippen molar-refractivity contribution >= 4 is 76.6 Å². The van der Waals surface area contributed by atoms with Crippen LogP contribution in [-0.4, -0.2) is 162 Å². The second-order valence-electron chi connectivity index (χ2n) is 24.7. The number of terminal acetylenes is 1. The summed E-state index contributed by atoms with van der Waals surface area (Å²) in [6.45, 7) is 11.9. The lowest BCUT2D eigenvalue weighted by Gasteiger charge is -2.34. The third-order valence-electron chi connectivity index (χ3n) is 18.8. The summed E-state index contributed by atoms with van der Waals surface area (Å²) in [5.74, 6) is 0.105. The fraction of sp³-hybridized carbons (Fsp3) is 0.477. The van der Waals surface area contributed by atoms with Crippen LogP contribution in [0.2, 0.25) is 0 Å². The van der Waals surface area contributed by atoms with E-state index in [0.717, 1.165) is 135 Å². The number of H-pyrrole nitrogens is 1. The minimum absolute atomic E-state index is 0.0308. The van der Waals surface area contributed by atoms with E-state index < -0.39 is 35.8 Å². The number of amides is 2. The van der Waals surface area contributed by atoms with Crippen LogP contribution in [0.25, 0.3) is 58.9 Å². The first-order chi connectivity index (χ1) is 42.7. The van der Waals surface area contributed by atoms with Gasteiger partial charge in [-0.1, -0.05) is 55.3 Å². The number of hydrogen-bond acceptors (Lipinski definition) is 16. The molecule has 3 aromatic carbocycles. The average molecular weight is 1220 g/mol. The molecule has 1 aliphatic carbocycles. The van der Waals surface area contributed by atoms with Gasteiger partial charge >= 0.3 is 6.01 Å². The lowest BCUT2D eigenvalue weighted by atomic mass is 9.91. The molecule has 23 heteroatoms. The highest BCUT2D eigenvalue weighted by Gasteiger charge is 2.57. The number of alkyl halides is 2. The number of aryl methyl sites for hydroxylation is 1. The normalized spacial score (nSPS) is 21.7.